The predicted octanol–water partition coefficient (Wildman–Crippen LogP) is 1.35. The Morgan fingerprint density at radius 2 is 1.68 bits per heavy atom. The van der Waals surface area contributed by atoms with Crippen LogP contribution in [0.15, 0.2) is 34.1 Å². The summed E-state index contributed by atoms with van der Waals surface area (Å²) in [6, 6.07) is 4.90. The molecular formula is C12H14N2O6S2. The minimum Gasteiger partial charge on any atom is -0.398 e. The van der Waals surface area contributed by atoms with Crippen molar-refractivity contribution in [2.24, 2.45) is 0 Å². The summed E-state index contributed by atoms with van der Waals surface area (Å²) in [5, 5.41) is 3.11. The fourth-order valence-corrected chi connectivity index (χ4v) is 3.52. The third-order valence-electron chi connectivity index (χ3n) is 3.01. The molecular weight excluding hydrogens is 332 g/mol. The molecule has 0 heterocycles. The summed E-state index contributed by atoms with van der Waals surface area (Å²) in [4.78, 5) is -1.11. The van der Waals surface area contributed by atoms with Gasteiger partial charge in [0.05, 0.1) is 10.6 Å². The first-order chi connectivity index (χ1) is 10.1. The molecule has 0 saturated carbocycles. The summed E-state index contributed by atoms with van der Waals surface area (Å²) in [5.74, 6) is 0. The highest BCUT2D eigenvalue weighted by molar-refractivity contribution is 7.86. The van der Waals surface area contributed by atoms with Gasteiger partial charge in [0.25, 0.3) is 20.2 Å². The zero-order valence-electron chi connectivity index (χ0n) is 11.4. The van der Waals surface area contributed by atoms with Crippen LogP contribution in [-0.2, 0) is 20.2 Å². The van der Waals surface area contributed by atoms with Gasteiger partial charge in [-0.3, -0.25) is 9.11 Å². The summed E-state index contributed by atoms with van der Waals surface area (Å²) < 4.78 is 64.4. The number of fused-ring (bicyclic) bond motifs is 1. The maximum Gasteiger partial charge on any atom is 0.297 e. The van der Waals surface area contributed by atoms with Gasteiger partial charge in [0.2, 0.25) is 0 Å². The molecule has 0 atom stereocenters. The number of hydrogen-bond donors (Lipinski definition) is 4. The van der Waals surface area contributed by atoms with Gasteiger partial charge in [0, 0.05) is 23.0 Å². The van der Waals surface area contributed by atoms with E-state index in [9.17, 15) is 25.9 Å². The average Bonchev–Trinajstić information content (AvgIpc) is 2.35. The van der Waals surface area contributed by atoms with Crippen molar-refractivity contribution in [1.82, 2.24) is 0 Å². The lowest BCUT2D eigenvalue weighted by atomic mass is 10.1. The number of nitrogens with two attached hydrogens (primary N) is 1. The number of benzene rings is 2. The normalized spacial score (nSPS) is 12.5. The molecule has 0 aromatic heterocycles. The molecule has 120 valence electrons. The molecule has 0 fully saturated rings. The topological polar surface area (TPSA) is 147 Å². The Morgan fingerprint density at radius 3 is 2.18 bits per heavy atom. The second-order valence-corrected chi connectivity index (χ2v) is 7.31. The van der Waals surface area contributed by atoms with E-state index in [0.29, 0.717) is 11.9 Å². The van der Waals surface area contributed by atoms with Gasteiger partial charge in [0.15, 0.2) is 0 Å². The summed E-state index contributed by atoms with van der Waals surface area (Å²) >= 11 is 0. The number of nitrogens with one attached hydrogen (secondary N) is 1. The van der Waals surface area contributed by atoms with Crippen LogP contribution in [0.25, 0.3) is 10.8 Å². The highest BCUT2D eigenvalue weighted by Crippen LogP contribution is 2.35. The van der Waals surface area contributed by atoms with Crippen LogP contribution >= 0.6 is 0 Å². The van der Waals surface area contributed by atoms with Crippen molar-refractivity contribution in [1.29, 1.82) is 0 Å². The number of anilines is 2. The van der Waals surface area contributed by atoms with Crippen LogP contribution in [0.2, 0.25) is 0 Å². The zero-order valence-corrected chi connectivity index (χ0v) is 13.1. The molecule has 8 nitrogen and oxygen atoms in total. The molecule has 0 amide bonds. The molecule has 0 bridgehead atoms. The van der Waals surface area contributed by atoms with Crippen molar-refractivity contribution in [3.05, 3.63) is 24.3 Å². The van der Waals surface area contributed by atoms with E-state index < -0.39 is 30.0 Å². The molecule has 0 radical (unpaired) electrons. The molecule has 0 unspecified atom stereocenters. The first-order valence-corrected chi connectivity index (χ1v) is 8.98. The fourth-order valence-electron chi connectivity index (χ4n) is 2.17. The van der Waals surface area contributed by atoms with Crippen LogP contribution in [0.4, 0.5) is 11.4 Å². The predicted molar refractivity (Wildman–Crippen MR) is 82.2 cm³/mol. The van der Waals surface area contributed by atoms with Crippen LogP contribution in [0.1, 0.15) is 6.92 Å². The maximum atomic E-state index is 11.5. The molecule has 0 aliphatic heterocycles. The van der Waals surface area contributed by atoms with E-state index in [1.807, 2.05) is 0 Å². The SMILES string of the molecule is CCNc1cc(S(=O)(=O)O)cc2c(S(=O)(=O)O)c(N)ccc12. The van der Waals surface area contributed by atoms with Crippen LogP contribution in [-0.4, -0.2) is 32.5 Å². The quantitative estimate of drug-likeness (QED) is 0.479. The largest absolute Gasteiger partial charge is 0.398 e. The fraction of sp³-hybridized carbons (Fsp3) is 0.167. The standard InChI is InChI=1S/C12H14N2O6S2/c1-2-14-11-6-7(21(15,16)17)5-9-8(11)3-4-10(13)12(9)22(18,19)20/h3-6,14H,2,13H2,1H3,(H,15,16,17)(H,18,19,20). The van der Waals surface area contributed by atoms with Gasteiger partial charge in [-0.05, 0) is 25.1 Å². The van der Waals surface area contributed by atoms with E-state index in [0.717, 1.165) is 6.07 Å². The van der Waals surface area contributed by atoms with Gasteiger partial charge in [-0.1, -0.05) is 6.07 Å². The average molecular weight is 346 g/mol. The highest BCUT2D eigenvalue weighted by Gasteiger charge is 2.22. The molecule has 10 heteroatoms. The van der Waals surface area contributed by atoms with Crippen molar-refractivity contribution >= 4 is 42.4 Å². The van der Waals surface area contributed by atoms with Crippen molar-refractivity contribution in [3.63, 3.8) is 0 Å². The Kier molecular flexibility index (Phi) is 4.04. The van der Waals surface area contributed by atoms with Crippen LogP contribution in [0, 0.1) is 0 Å². The Morgan fingerprint density at radius 1 is 1.05 bits per heavy atom. The molecule has 0 spiro atoms. The molecule has 2 aromatic rings. The van der Waals surface area contributed by atoms with E-state index in [-0.39, 0.29) is 16.8 Å². The van der Waals surface area contributed by atoms with Gasteiger partial charge in [-0.25, -0.2) is 0 Å². The van der Waals surface area contributed by atoms with Crippen LogP contribution in [0.5, 0.6) is 0 Å². The van der Waals surface area contributed by atoms with Gasteiger partial charge >= 0.3 is 0 Å². The van der Waals surface area contributed by atoms with Crippen LogP contribution < -0.4 is 11.1 Å². The number of hydrogen-bond acceptors (Lipinski definition) is 6. The van der Waals surface area contributed by atoms with E-state index in [2.05, 4.69) is 5.32 Å². The summed E-state index contributed by atoms with van der Waals surface area (Å²) in [6.07, 6.45) is 0. The molecule has 0 aliphatic carbocycles. The molecule has 0 aliphatic rings. The van der Waals surface area contributed by atoms with Gasteiger partial charge < -0.3 is 11.1 Å². The van der Waals surface area contributed by atoms with E-state index in [4.69, 9.17) is 5.73 Å². The Balaban J connectivity index is 3.04. The summed E-state index contributed by atoms with van der Waals surface area (Å²) in [5.41, 5.74) is 5.64. The maximum absolute atomic E-state index is 11.5. The Bertz CT molecular complexity index is 951. The third kappa shape index (κ3) is 2.99. The Hall–Kier alpha value is -1.88. The second-order valence-electron chi connectivity index (χ2n) is 4.53. The first kappa shape index (κ1) is 16.5. The number of rotatable bonds is 4. The zero-order chi connectivity index (χ0) is 16.7. The number of nitrogen functional groups attached to an aromatic ring is 1. The highest BCUT2D eigenvalue weighted by atomic mass is 32.2. The van der Waals surface area contributed by atoms with Gasteiger partial charge in [-0.15, -0.1) is 0 Å². The van der Waals surface area contributed by atoms with Crippen molar-refractivity contribution in [3.8, 4) is 0 Å². The molecule has 22 heavy (non-hydrogen) atoms. The van der Waals surface area contributed by atoms with E-state index in [1.54, 1.807) is 6.92 Å². The molecule has 0 saturated heterocycles. The second kappa shape index (κ2) is 5.39. The summed E-state index contributed by atoms with van der Waals surface area (Å²) in [6.45, 7) is 2.18. The first-order valence-electron chi connectivity index (χ1n) is 6.10. The molecule has 2 rings (SSSR count). The van der Waals surface area contributed by atoms with Crippen molar-refractivity contribution < 1.29 is 25.9 Å². The third-order valence-corrected chi connectivity index (χ3v) is 4.82. The molecule has 2 aromatic carbocycles. The van der Waals surface area contributed by atoms with E-state index in [1.165, 1.54) is 18.2 Å². The molecule has 5 N–H and O–H groups in total. The van der Waals surface area contributed by atoms with Crippen LogP contribution in [0.3, 0.4) is 0 Å². The smallest absolute Gasteiger partial charge is 0.297 e. The van der Waals surface area contributed by atoms with E-state index >= 15 is 0 Å². The van der Waals surface area contributed by atoms with Crippen molar-refractivity contribution in [2.75, 3.05) is 17.6 Å². The lowest BCUT2D eigenvalue weighted by Crippen LogP contribution is -2.07. The van der Waals surface area contributed by atoms with Gasteiger partial charge in [-0.2, -0.15) is 16.8 Å². The minimum absolute atomic E-state index is 0.103. The lowest BCUT2D eigenvalue weighted by Gasteiger charge is -2.13. The van der Waals surface area contributed by atoms with Gasteiger partial charge in [0.1, 0.15) is 4.90 Å². The monoisotopic (exact) mass is 346 g/mol. The summed E-state index contributed by atoms with van der Waals surface area (Å²) in [7, 11) is -9.25. The Labute approximate surface area is 127 Å². The lowest BCUT2D eigenvalue weighted by molar-refractivity contribution is 0.480. The minimum atomic E-state index is -4.68. The van der Waals surface area contributed by atoms with Crippen molar-refractivity contribution in [2.45, 2.75) is 16.7 Å².